The van der Waals surface area contributed by atoms with E-state index in [0.717, 1.165) is 25.9 Å². The molecular weight excluding hydrogens is 240 g/mol. The summed E-state index contributed by atoms with van der Waals surface area (Å²) in [5.41, 5.74) is -0.226. The molecule has 3 atom stereocenters. The lowest BCUT2D eigenvalue weighted by Gasteiger charge is -2.32. The van der Waals surface area contributed by atoms with Gasteiger partial charge in [-0.2, -0.15) is 0 Å². The van der Waals surface area contributed by atoms with Gasteiger partial charge in [-0.1, -0.05) is 12.8 Å². The van der Waals surface area contributed by atoms with Crippen LogP contribution < -0.4 is 5.32 Å². The number of carbonyl (C=O) groups is 1. The first-order valence-corrected chi connectivity index (χ1v) is 7.93. The zero-order valence-electron chi connectivity index (χ0n) is 11.7. The van der Waals surface area contributed by atoms with Gasteiger partial charge in [-0.25, -0.2) is 0 Å². The Labute approximate surface area is 114 Å². The van der Waals surface area contributed by atoms with Gasteiger partial charge < -0.3 is 9.64 Å². The Morgan fingerprint density at radius 3 is 2.68 bits per heavy atom. The molecule has 0 bridgehead atoms. The van der Waals surface area contributed by atoms with Crippen LogP contribution in [0.3, 0.4) is 0 Å². The van der Waals surface area contributed by atoms with Crippen molar-refractivity contribution in [2.45, 2.75) is 75.7 Å². The highest BCUT2D eigenvalue weighted by molar-refractivity contribution is 5.89. The molecule has 106 valence electrons. The summed E-state index contributed by atoms with van der Waals surface area (Å²) in [6, 6.07) is 0.322. The van der Waals surface area contributed by atoms with Crippen LogP contribution in [0.25, 0.3) is 0 Å². The molecule has 2 aliphatic heterocycles. The quantitative estimate of drug-likeness (QED) is 0.824. The number of nitrogens with zero attached hydrogens (tertiary/aromatic N) is 1. The first-order valence-electron chi connectivity index (χ1n) is 7.93. The molecule has 0 aromatic rings. The summed E-state index contributed by atoms with van der Waals surface area (Å²) in [7, 11) is 0. The molecule has 4 aliphatic rings. The Morgan fingerprint density at radius 2 is 2.00 bits per heavy atom. The van der Waals surface area contributed by atoms with E-state index in [1.54, 1.807) is 0 Å². The molecule has 0 aromatic heterocycles. The van der Waals surface area contributed by atoms with Crippen LogP contribution in [0, 0.1) is 5.92 Å². The van der Waals surface area contributed by atoms with Crippen molar-refractivity contribution < 1.29 is 9.53 Å². The molecule has 19 heavy (non-hydrogen) atoms. The van der Waals surface area contributed by atoms with Crippen molar-refractivity contribution in [3.63, 3.8) is 0 Å². The van der Waals surface area contributed by atoms with Gasteiger partial charge in [0.05, 0.1) is 23.9 Å². The smallest absolute Gasteiger partial charge is 0.244 e. The normalized spacial score (nSPS) is 41.6. The summed E-state index contributed by atoms with van der Waals surface area (Å²) < 4.78 is 5.93. The van der Waals surface area contributed by atoms with E-state index in [0.29, 0.717) is 24.0 Å². The maximum Gasteiger partial charge on any atom is 0.244 e. The van der Waals surface area contributed by atoms with Gasteiger partial charge in [0.25, 0.3) is 0 Å². The van der Waals surface area contributed by atoms with Crippen molar-refractivity contribution in [2.24, 2.45) is 5.92 Å². The molecule has 3 unspecified atom stereocenters. The van der Waals surface area contributed by atoms with Crippen LogP contribution in [0.2, 0.25) is 0 Å². The molecule has 2 saturated carbocycles. The first kappa shape index (κ1) is 12.2. The minimum Gasteiger partial charge on any atom is -0.376 e. The van der Waals surface area contributed by atoms with Crippen LogP contribution >= 0.6 is 0 Å². The van der Waals surface area contributed by atoms with Crippen molar-refractivity contribution >= 4 is 5.91 Å². The van der Waals surface area contributed by atoms with Gasteiger partial charge in [0.2, 0.25) is 5.91 Å². The minimum atomic E-state index is -0.226. The molecule has 4 fully saturated rings. The fourth-order valence-corrected chi connectivity index (χ4v) is 4.50. The van der Waals surface area contributed by atoms with Crippen LogP contribution in [-0.4, -0.2) is 41.3 Å². The topological polar surface area (TPSA) is 41.6 Å². The molecule has 1 amide bonds. The average molecular weight is 264 g/mol. The Morgan fingerprint density at radius 1 is 1.26 bits per heavy atom. The van der Waals surface area contributed by atoms with Gasteiger partial charge >= 0.3 is 0 Å². The summed E-state index contributed by atoms with van der Waals surface area (Å²) >= 11 is 0. The van der Waals surface area contributed by atoms with Crippen molar-refractivity contribution in [3.8, 4) is 0 Å². The standard InChI is InChI=1S/C15H24N2O2/c1-10-16-15(7-2-3-8-15)14(18)17(10)12-6-9-19-13(12)11-4-5-11/h10-13,16H,2-9H2,1H3. The van der Waals surface area contributed by atoms with Crippen LogP contribution in [0.15, 0.2) is 0 Å². The zero-order chi connectivity index (χ0) is 13.0. The molecule has 1 spiro atoms. The maximum absolute atomic E-state index is 12.9. The average Bonchev–Trinajstić information content (AvgIpc) is 2.85. The van der Waals surface area contributed by atoms with Crippen molar-refractivity contribution in [3.05, 3.63) is 0 Å². The van der Waals surface area contributed by atoms with Crippen LogP contribution in [0.1, 0.15) is 51.9 Å². The maximum atomic E-state index is 12.9. The van der Waals surface area contributed by atoms with E-state index < -0.39 is 0 Å². The second-order valence-corrected chi connectivity index (χ2v) is 6.85. The molecule has 0 radical (unpaired) electrons. The van der Waals surface area contributed by atoms with Gasteiger partial charge in [-0.15, -0.1) is 0 Å². The van der Waals surface area contributed by atoms with Gasteiger partial charge in [-0.3, -0.25) is 10.1 Å². The molecule has 0 aromatic carbocycles. The van der Waals surface area contributed by atoms with E-state index in [1.165, 1.54) is 25.7 Å². The monoisotopic (exact) mass is 264 g/mol. The second kappa shape index (κ2) is 4.19. The lowest BCUT2D eigenvalue weighted by molar-refractivity contribution is -0.136. The highest BCUT2D eigenvalue weighted by Gasteiger charge is 2.55. The van der Waals surface area contributed by atoms with Crippen molar-refractivity contribution in [1.29, 1.82) is 0 Å². The van der Waals surface area contributed by atoms with Crippen LogP contribution in [-0.2, 0) is 9.53 Å². The first-order chi connectivity index (χ1) is 9.21. The van der Waals surface area contributed by atoms with E-state index >= 15 is 0 Å². The lowest BCUT2D eigenvalue weighted by atomic mass is 9.96. The highest BCUT2D eigenvalue weighted by atomic mass is 16.5. The molecule has 4 rings (SSSR count). The Kier molecular flexibility index (Phi) is 2.68. The van der Waals surface area contributed by atoms with Gasteiger partial charge in [0, 0.05) is 6.61 Å². The Bertz CT molecular complexity index is 388. The number of nitrogens with one attached hydrogen (secondary N) is 1. The Balaban J connectivity index is 1.58. The molecule has 2 aliphatic carbocycles. The van der Waals surface area contributed by atoms with Gasteiger partial charge in [0.15, 0.2) is 0 Å². The summed E-state index contributed by atoms with van der Waals surface area (Å²) in [6.45, 7) is 2.97. The molecule has 2 heterocycles. The molecular formula is C15H24N2O2. The fraction of sp³-hybridized carbons (Fsp3) is 0.933. The largest absolute Gasteiger partial charge is 0.376 e. The van der Waals surface area contributed by atoms with E-state index in [1.807, 2.05) is 0 Å². The molecule has 4 heteroatoms. The van der Waals surface area contributed by atoms with Crippen molar-refractivity contribution in [2.75, 3.05) is 6.61 Å². The fourth-order valence-electron chi connectivity index (χ4n) is 4.50. The number of hydrogen-bond donors (Lipinski definition) is 1. The van der Waals surface area contributed by atoms with Gasteiger partial charge in [-0.05, 0) is 44.9 Å². The van der Waals surface area contributed by atoms with E-state index in [2.05, 4.69) is 17.1 Å². The third-order valence-corrected chi connectivity index (χ3v) is 5.55. The molecule has 4 nitrogen and oxygen atoms in total. The highest BCUT2D eigenvalue weighted by Crippen LogP contribution is 2.44. The number of amides is 1. The SMILES string of the molecule is CC1NC2(CCCC2)C(=O)N1C1CCOC1C1CC1. The van der Waals surface area contributed by atoms with E-state index in [9.17, 15) is 4.79 Å². The van der Waals surface area contributed by atoms with Crippen LogP contribution in [0.4, 0.5) is 0 Å². The van der Waals surface area contributed by atoms with Crippen LogP contribution in [0.5, 0.6) is 0 Å². The third-order valence-electron chi connectivity index (χ3n) is 5.55. The number of rotatable bonds is 2. The van der Waals surface area contributed by atoms with Crippen molar-refractivity contribution in [1.82, 2.24) is 10.2 Å². The van der Waals surface area contributed by atoms with Gasteiger partial charge in [0.1, 0.15) is 0 Å². The summed E-state index contributed by atoms with van der Waals surface area (Å²) in [5.74, 6) is 1.08. The zero-order valence-corrected chi connectivity index (χ0v) is 11.7. The predicted octanol–water partition coefficient (Wildman–Crippen LogP) is 1.64. The summed E-state index contributed by atoms with van der Waals surface area (Å²) in [5, 5.41) is 3.61. The lowest BCUT2D eigenvalue weighted by Crippen LogP contribution is -2.48. The summed E-state index contributed by atoms with van der Waals surface area (Å²) in [4.78, 5) is 15.1. The van der Waals surface area contributed by atoms with E-state index in [-0.39, 0.29) is 11.7 Å². The second-order valence-electron chi connectivity index (χ2n) is 6.85. The Hall–Kier alpha value is -0.610. The number of carbonyl (C=O) groups excluding carboxylic acids is 1. The number of ether oxygens (including phenoxy) is 1. The predicted molar refractivity (Wildman–Crippen MR) is 71.5 cm³/mol. The molecule has 2 saturated heterocycles. The third kappa shape index (κ3) is 1.76. The molecule has 1 N–H and O–H groups in total. The van der Waals surface area contributed by atoms with E-state index in [4.69, 9.17) is 4.74 Å². The number of hydrogen-bond acceptors (Lipinski definition) is 3. The minimum absolute atomic E-state index is 0.179. The summed E-state index contributed by atoms with van der Waals surface area (Å²) in [6.07, 6.45) is 8.51.